The number of fused-ring (bicyclic) bond motifs is 1. The molecule has 0 fully saturated rings. The Morgan fingerprint density at radius 1 is 1.18 bits per heavy atom. The molecule has 0 unspecified atom stereocenters. The third-order valence-corrected chi connectivity index (χ3v) is 3.02. The minimum absolute atomic E-state index is 0.0103. The maximum Gasteiger partial charge on any atom is 0.252 e. The fourth-order valence-corrected chi connectivity index (χ4v) is 1.83. The van der Waals surface area contributed by atoms with Crippen LogP contribution in [0.3, 0.4) is 0 Å². The van der Waals surface area contributed by atoms with E-state index in [-0.39, 0.29) is 11.9 Å². The maximum absolute atomic E-state index is 12.1. The second-order valence-corrected chi connectivity index (χ2v) is 4.31. The van der Waals surface area contributed by atoms with Gasteiger partial charge in [0.15, 0.2) is 0 Å². The van der Waals surface area contributed by atoms with E-state index in [4.69, 9.17) is 0 Å². The zero-order valence-electron chi connectivity index (χ0n) is 10.2. The van der Waals surface area contributed by atoms with Crippen LogP contribution in [-0.4, -0.2) is 11.9 Å². The number of rotatable bonds is 3. The minimum atomic E-state index is 0.0103. The largest absolute Gasteiger partial charge is 0.350 e. The van der Waals surface area contributed by atoms with Crippen molar-refractivity contribution in [1.82, 2.24) is 5.32 Å². The molecule has 0 aliphatic rings. The van der Waals surface area contributed by atoms with Gasteiger partial charge in [-0.15, -0.1) is 0 Å². The number of carbonyl (C=O) groups is 1. The molecule has 0 heterocycles. The molecule has 0 radical (unpaired) electrons. The summed E-state index contributed by atoms with van der Waals surface area (Å²) in [6, 6.07) is 14.0. The summed E-state index contributed by atoms with van der Waals surface area (Å²) in [5, 5.41) is 5.11. The van der Waals surface area contributed by atoms with Gasteiger partial charge in [-0.3, -0.25) is 4.79 Å². The van der Waals surface area contributed by atoms with Gasteiger partial charge in [0.2, 0.25) is 0 Å². The molecule has 2 rings (SSSR count). The lowest BCUT2D eigenvalue weighted by Gasteiger charge is -2.12. The summed E-state index contributed by atoms with van der Waals surface area (Å²) in [5.41, 5.74) is 0.753. The molecule has 88 valence electrons. The van der Waals surface area contributed by atoms with Gasteiger partial charge < -0.3 is 5.32 Å². The van der Waals surface area contributed by atoms with Crippen LogP contribution in [0.5, 0.6) is 0 Å². The first kappa shape index (κ1) is 11.6. The number of hydrogen-bond acceptors (Lipinski definition) is 1. The van der Waals surface area contributed by atoms with Crippen LogP contribution in [0.4, 0.5) is 0 Å². The normalized spacial score (nSPS) is 12.4. The summed E-state index contributed by atoms with van der Waals surface area (Å²) in [4.78, 5) is 12.1. The van der Waals surface area contributed by atoms with Crippen LogP contribution >= 0.6 is 0 Å². The van der Waals surface area contributed by atoms with Crippen LogP contribution < -0.4 is 5.32 Å². The molecule has 0 aliphatic heterocycles. The number of hydrogen-bond donors (Lipinski definition) is 1. The predicted octanol–water partition coefficient (Wildman–Crippen LogP) is 3.37. The molecule has 2 heteroatoms. The Morgan fingerprint density at radius 2 is 1.88 bits per heavy atom. The summed E-state index contributed by atoms with van der Waals surface area (Å²) in [5.74, 6) is 0.0103. The minimum Gasteiger partial charge on any atom is -0.350 e. The predicted molar refractivity (Wildman–Crippen MR) is 71.2 cm³/mol. The molecule has 0 spiro atoms. The Morgan fingerprint density at radius 3 is 2.65 bits per heavy atom. The van der Waals surface area contributed by atoms with E-state index in [2.05, 4.69) is 12.2 Å². The van der Waals surface area contributed by atoms with Crippen molar-refractivity contribution >= 4 is 16.7 Å². The van der Waals surface area contributed by atoms with Crippen LogP contribution in [-0.2, 0) is 0 Å². The Labute approximate surface area is 102 Å². The average Bonchev–Trinajstić information content (AvgIpc) is 2.37. The number of amides is 1. The Bertz CT molecular complexity index is 528. The summed E-state index contributed by atoms with van der Waals surface area (Å²) in [7, 11) is 0. The molecule has 0 bridgehead atoms. The third kappa shape index (κ3) is 2.47. The van der Waals surface area contributed by atoms with Gasteiger partial charge in [-0.1, -0.05) is 43.3 Å². The number of benzene rings is 2. The SMILES string of the molecule is CC[C@H](C)NC(=O)c1cccc2ccccc12. The monoisotopic (exact) mass is 227 g/mol. The van der Waals surface area contributed by atoms with E-state index in [0.29, 0.717) is 0 Å². The zero-order chi connectivity index (χ0) is 12.3. The lowest BCUT2D eigenvalue weighted by atomic mass is 10.0. The van der Waals surface area contributed by atoms with Gasteiger partial charge in [0.25, 0.3) is 5.91 Å². The molecule has 2 nitrogen and oxygen atoms in total. The zero-order valence-corrected chi connectivity index (χ0v) is 10.2. The lowest BCUT2D eigenvalue weighted by molar-refractivity contribution is 0.0941. The van der Waals surface area contributed by atoms with E-state index in [1.165, 1.54) is 0 Å². The van der Waals surface area contributed by atoms with Crippen molar-refractivity contribution in [3.63, 3.8) is 0 Å². The molecular formula is C15H17NO. The van der Waals surface area contributed by atoms with Crippen LogP contribution in [0.15, 0.2) is 42.5 Å². The highest BCUT2D eigenvalue weighted by Gasteiger charge is 2.10. The van der Waals surface area contributed by atoms with Crippen molar-refractivity contribution in [2.45, 2.75) is 26.3 Å². The fourth-order valence-electron chi connectivity index (χ4n) is 1.83. The van der Waals surface area contributed by atoms with Crippen LogP contribution in [0.2, 0.25) is 0 Å². The van der Waals surface area contributed by atoms with E-state index in [0.717, 1.165) is 22.8 Å². The van der Waals surface area contributed by atoms with Gasteiger partial charge >= 0.3 is 0 Å². The highest BCUT2D eigenvalue weighted by Crippen LogP contribution is 2.18. The molecule has 2 aromatic carbocycles. The van der Waals surface area contributed by atoms with Crippen molar-refractivity contribution in [1.29, 1.82) is 0 Å². The molecule has 17 heavy (non-hydrogen) atoms. The van der Waals surface area contributed by atoms with Crippen molar-refractivity contribution in [2.24, 2.45) is 0 Å². The highest BCUT2D eigenvalue weighted by molar-refractivity contribution is 6.07. The van der Waals surface area contributed by atoms with Crippen molar-refractivity contribution in [2.75, 3.05) is 0 Å². The number of carbonyl (C=O) groups excluding carboxylic acids is 1. The van der Waals surface area contributed by atoms with Gasteiger partial charge in [0, 0.05) is 11.6 Å². The molecule has 0 aromatic heterocycles. The molecular weight excluding hydrogens is 210 g/mol. The van der Waals surface area contributed by atoms with Crippen LogP contribution in [0.1, 0.15) is 30.6 Å². The lowest BCUT2D eigenvalue weighted by Crippen LogP contribution is -2.31. The van der Waals surface area contributed by atoms with Gasteiger partial charge in [-0.25, -0.2) is 0 Å². The second kappa shape index (κ2) is 5.00. The topological polar surface area (TPSA) is 29.1 Å². The maximum atomic E-state index is 12.1. The highest BCUT2D eigenvalue weighted by atomic mass is 16.1. The molecule has 1 amide bonds. The standard InChI is InChI=1S/C15H17NO/c1-3-11(2)16-15(17)14-10-6-8-12-7-4-5-9-13(12)14/h4-11H,3H2,1-2H3,(H,16,17)/t11-/m0/s1. The Hall–Kier alpha value is -1.83. The van der Waals surface area contributed by atoms with Gasteiger partial charge in [-0.2, -0.15) is 0 Å². The Kier molecular flexibility index (Phi) is 3.43. The first-order chi connectivity index (χ1) is 8.22. The Balaban J connectivity index is 2.38. The summed E-state index contributed by atoms with van der Waals surface area (Å²) in [6.07, 6.45) is 0.941. The van der Waals surface area contributed by atoms with Crippen LogP contribution in [0, 0.1) is 0 Å². The molecule has 0 saturated carbocycles. The van der Waals surface area contributed by atoms with Crippen molar-refractivity contribution < 1.29 is 4.79 Å². The smallest absolute Gasteiger partial charge is 0.252 e. The molecule has 2 aromatic rings. The van der Waals surface area contributed by atoms with E-state index in [1.54, 1.807) is 0 Å². The summed E-state index contributed by atoms with van der Waals surface area (Å²) in [6.45, 7) is 4.08. The van der Waals surface area contributed by atoms with E-state index >= 15 is 0 Å². The van der Waals surface area contributed by atoms with E-state index in [1.807, 2.05) is 49.4 Å². The fraction of sp³-hybridized carbons (Fsp3) is 0.267. The van der Waals surface area contributed by atoms with Gasteiger partial charge in [-0.05, 0) is 30.2 Å². The van der Waals surface area contributed by atoms with Gasteiger partial charge in [0.05, 0.1) is 0 Å². The quantitative estimate of drug-likeness (QED) is 0.855. The third-order valence-electron chi connectivity index (χ3n) is 3.02. The van der Waals surface area contributed by atoms with Crippen molar-refractivity contribution in [3.05, 3.63) is 48.0 Å². The van der Waals surface area contributed by atoms with Crippen molar-refractivity contribution in [3.8, 4) is 0 Å². The average molecular weight is 227 g/mol. The molecule has 0 saturated heterocycles. The molecule has 1 N–H and O–H groups in total. The second-order valence-electron chi connectivity index (χ2n) is 4.31. The first-order valence-electron chi connectivity index (χ1n) is 6.01. The van der Waals surface area contributed by atoms with E-state index in [9.17, 15) is 4.79 Å². The summed E-state index contributed by atoms with van der Waals surface area (Å²) >= 11 is 0. The van der Waals surface area contributed by atoms with Gasteiger partial charge in [0.1, 0.15) is 0 Å². The summed E-state index contributed by atoms with van der Waals surface area (Å²) < 4.78 is 0. The molecule has 1 atom stereocenters. The first-order valence-corrected chi connectivity index (χ1v) is 6.01. The molecule has 0 aliphatic carbocycles. The van der Waals surface area contributed by atoms with Crippen LogP contribution in [0.25, 0.3) is 10.8 Å². The van der Waals surface area contributed by atoms with E-state index < -0.39 is 0 Å². The number of nitrogens with one attached hydrogen (secondary N) is 1.